The molecule has 2 aliphatic carbocycles. The van der Waals surface area contributed by atoms with E-state index in [1.54, 1.807) is 7.11 Å². The number of hydrogen-bond donors (Lipinski definition) is 1. The van der Waals surface area contributed by atoms with Crippen molar-refractivity contribution in [3.8, 4) is 11.5 Å². The van der Waals surface area contributed by atoms with Crippen molar-refractivity contribution in [3.05, 3.63) is 22.7 Å². The Morgan fingerprint density at radius 1 is 1.36 bits per heavy atom. The molecule has 0 spiro atoms. The van der Waals surface area contributed by atoms with E-state index in [9.17, 15) is 4.79 Å². The minimum absolute atomic E-state index is 0.00387. The molecule has 3 rings (SSSR count). The number of carboxylic acids is 1. The van der Waals surface area contributed by atoms with Crippen LogP contribution in [0.25, 0.3) is 0 Å². The number of ether oxygens (including phenoxy) is 2. The fourth-order valence-electron chi connectivity index (χ4n) is 2.84. The highest BCUT2D eigenvalue weighted by Gasteiger charge is 2.34. The van der Waals surface area contributed by atoms with Crippen molar-refractivity contribution in [2.24, 2.45) is 11.8 Å². The number of carboxylic acid groups (broad SMARTS) is 1. The van der Waals surface area contributed by atoms with Gasteiger partial charge in [-0.25, -0.2) is 0 Å². The molecule has 0 heterocycles. The first kappa shape index (κ1) is 15.5. The largest absolute Gasteiger partial charge is 0.491 e. The number of rotatable bonds is 8. The lowest BCUT2D eigenvalue weighted by atomic mass is 9.91. The summed E-state index contributed by atoms with van der Waals surface area (Å²) in [5.41, 5.74) is 0.946. The molecule has 1 unspecified atom stereocenters. The molecular weight excluding hydrogens is 304 g/mol. The van der Waals surface area contributed by atoms with Gasteiger partial charge < -0.3 is 14.6 Å². The monoisotopic (exact) mass is 324 g/mol. The quantitative estimate of drug-likeness (QED) is 0.782. The van der Waals surface area contributed by atoms with Gasteiger partial charge in [-0.1, -0.05) is 11.6 Å². The number of carbonyl (C=O) groups is 1. The highest BCUT2D eigenvalue weighted by molar-refractivity contribution is 6.32. The fourth-order valence-corrected chi connectivity index (χ4v) is 3.14. The first-order valence-electron chi connectivity index (χ1n) is 7.80. The van der Waals surface area contributed by atoms with Crippen LogP contribution in [0.5, 0.6) is 11.5 Å². The summed E-state index contributed by atoms with van der Waals surface area (Å²) in [5, 5.41) is 9.64. The van der Waals surface area contributed by atoms with Gasteiger partial charge in [0.1, 0.15) is 0 Å². The van der Waals surface area contributed by atoms with Crippen molar-refractivity contribution in [2.45, 2.75) is 38.0 Å². The molecular formula is C17H21ClO4. The summed E-state index contributed by atoms with van der Waals surface area (Å²) in [5.74, 6) is 1.47. The lowest BCUT2D eigenvalue weighted by Crippen LogP contribution is -2.09. The van der Waals surface area contributed by atoms with Crippen molar-refractivity contribution < 1.29 is 19.4 Å². The number of benzene rings is 1. The lowest BCUT2D eigenvalue weighted by Gasteiger charge is -2.19. The summed E-state index contributed by atoms with van der Waals surface area (Å²) in [6.45, 7) is 0.670. The lowest BCUT2D eigenvalue weighted by molar-refractivity contribution is -0.137. The molecule has 120 valence electrons. The van der Waals surface area contributed by atoms with Crippen LogP contribution in [-0.4, -0.2) is 24.8 Å². The third-order valence-electron chi connectivity index (χ3n) is 4.42. The summed E-state index contributed by atoms with van der Waals surface area (Å²) < 4.78 is 11.2. The summed E-state index contributed by atoms with van der Waals surface area (Å²) in [4.78, 5) is 11.1. The van der Waals surface area contributed by atoms with E-state index in [0.29, 0.717) is 35.0 Å². The third-order valence-corrected chi connectivity index (χ3v) is 4.70. The van der Waals surface area contributed by atoms with Gasteiger partial charge in [-0.3, -0.25) is 4.79 Å². The van der Waals surface area contributed by atoms with Crippen LogP contribution in [0.2, 0.25) is 5.02 Å². The number of hydrogen-bond acceptors (Lipinski definition) is 3. The first-order valence-corrected chi connectivity index (χ1v) is 8.18. The van der Waals surface area contributed by atoms with Gasteiger partial charge in [-0.05, 0) is 61.1 Å². The van der Waals surface area contributed by atoms with Gasteiger partial charge in [0, 0.05) is 0 Å². The first-order chi connectivity index (χ1) is 10.6. The van der Waals surface area contributed by atoms with E-state index in [4.69, 9.17) is 26.2 Å². The maximum atomic E-state index is 11.1. The second-order valence-electron chi connectivity index (χ2n) is 6.33. The van der Waals surface area contributed by atoms with Gasteiger partial charge in [-0.15, -0.1) is 0 Å². The van der Waals surface area contributed by atoms with Crippen molar-refractivity contribution >= 4 is 17.6 Å². The number of halogens is 1. The summed E-state index contributed by atoms with van der Waals surface area (Å²) in [6, 6.07) is 3.75. The van der Waals surface area contributed by atoms with E-state index in [-0.39, 0.29) is 12.3 Å². The standard InChI is InChI=1S/C17H21ClO4/c1-21-17-14(18)6-12(7-15(17)22-9-10-2-3-10)13(8-16(19)20)11-4-5-11/h6-7,10-11,13H,2-5,8-9H2,1H3,(H,19,20). The van der Waals surface area contributed by atoms with Gasteiger partial charge in [0.15, 0.2) is 11.5 Å². The van der Waals surface area contributed by atoms with E-state index >= 15 is 0 Å². The number of aliphatic carboxylic acids is 1. The van der Waals surface area contributed by atoms with Gasteiger partial charge in [0.25, 0.3) is 0 Å². The Morgan fingerprint density at radius 2 is 2.09 bits per heavy atom. The smallest absolute Gasteiger partial charge is 0.303 e. The molecule has 4 nitrogen and oxygen atoms in total. The average molecular weight is 325 g/mol. The van der Waals surface area contributed by atoms with Gasteiger partial charge in [0.05, 0.1) is 25.2 Å². The molecule has 0 aromatic heterocycles. The molecule has 1 aromatic rings. The Kier molecular flexibility index (Phi) is 4.48. The van der Waals surface area contributed by atoms with E-state index < -0.39 is 5.97 Å². The van der Waals surface area contributed by atoms with Gasteiger partial charge >= 0.3 is 5.97 Å². The van der Waals surface area contributed by atoms with Crippen LogP contribution in [0.15, 0.2) is 12.1 Å². The zero-order valence-electron chi connectivity index (χ0n) is 12.7. The summed E-state index contributed by atoms with van der Waals surface area (Å²) in [6.07, 6.45) is 4.72. The van der Waals surface area contributed by atoms with Crippen LogP contribution in [0.1, 0.15) is 43.6 Å². The normalized spacial score (nSPS) is 18.8. The molecule has 2 aliphatic rings. The van der Waals surface area contributed by atoms with E-state index in [1.807, 2.05) is 12.1 Å². The minimum atomic E-state index is -0.774. The summed E-state index contributed by atoms with van der Waals surface area (Å²) >= 11 is 6.32. The molecule has 5 heteroatoms. The van der Waals surface area contributed by atoms with E-state index in [0.717, 1.165) is 18.4 Å². The predicted molar refractivity (Wildman–Crippen MR) is 83.9 cm³/mol. The Bertz CT molecular complexity index is 564. The molecule has 1 aromatic carbocycles. The van der Waals surface area contributed by atoms with Crippen LogP contribution in [0.3, 0.4) is 0 Å². The predicted octanol–water partition coefficient (Wildman–Crippen LogP) is 4.11. The molecule has 0 bridgehead atoms. The Morgan fingerprint density at radius 3 is 2.64 bits per heavy atom. The Hall–Kier alpha value is -1.42. The minimum Gasteiger partial charge on any atom is -0.491 e. The SMILES string of the molecule is COc1c(Cl)cc(C(CC(=O)O)C2CC2)cc1OCC1CC1. The van der Waals surface area contributed by atoms with Crippen molar-refractivity contribution in [1.29, 1.82) is 0 Å². The molecule has 2 saturated carbocycles. The molecule has 2 fully saturated rings. The highest BCUT2D eigenvalue weighted by Crippen LogP contribution is 2.48. The van der Waals surface area contributed by atoms with Crippen LogP contribution < -0.4 is 9.47 Å². The van der Waals surface area contributed by atoms with Gasteiger partial charge in [-0.2, -0.15) is 0 Å². The molecule has 0 saturated heterocycles. The van der Waals surface area contributed by atoms with Crippen molar-refractivity contribution in [2.75, 3.05) is 13.7 Å². The van der Waals surface area contributed by atoms with Crippen molar-refractivity contribution in [3.63, 3.8) is 0 Å². The third kappa shape index (κ3) is 3.67. The number of methoxy groups -OCH3 is 1. The molecule has 22 heavy (non-hydrogen) atoms. The van der Waals surface area contributed by atoms with Crippen LogP contribution in [-0.2, 0) is 4.79 Å². The maximum Gasteiger partial charge on any atom is 0.303 e. The van der Waals surface area contributed by atoms with Crippen LogP contribution in [0.4, 0.5) is 0 Å². The second kappa shape index (κ2) is 6.37. The summed E-state index contributed by atoms with van der Waals surface area (Å²) in [7, 11) is 1.57. The molecule has 1 atom stereocenters. The molecule has 0 radical (unpaired) electrons. The van der Waals surface area contributed by atoms with Crippen LogP contribution in [0, 0.1) is 11.8 Å². The topological polar surface area (TPSA) is 55.8 Å². The molecule has 1 N–H and O–H groups in total. The second-order valence-corrected chi connectivity index (χ2v) is 6.74. The highest BCUT2D eigenvalue weighted by atomic mass is 35.5. The zero-order chi connectivity index (χ0) is 15.7. The average Bonchev–Trinajstić information content (AvgIpc) is 3.36. The van der Waals surface area contributed by atoms with Crippen molar-refractivity contribution in [1.82, 2.24) is 0 Å². The Balaban J connectivity index is 1.86. The van der Waals surface area contributed by atoms with E-state index in [1.165, 1.54) is 12.8 Å². The zero-order valence-corrected chi connectivity index (χ0v) is 13.4. The Labute approximate surface area is 135 Å². The van der Waals surface area contributed by atoms with Gasteiger partial charge in [0.2, 0.25) is 0 Å². The van der Waals surface area contributed by atoms with E-state index in [2.05, 4.69) is 0 Å². The fraction of sp³-hybridized carbons (Fsp3) is 0.588. The molecule has 0 amide bonds. The molecule has 0 aliphatic heterocycles. The van der Waals surface area contributed by atoms with Crippen LogP contribution >= 0.6 is 11.6 Å². The maximum absolute atomic E-state index is 11.1.